The van der Waals surface area contributed by atoms with E-state index in [0.29, 0.717) is 22.7 Å². The number of nitrogens with zero attached hydrogens (tertiary/aromatic N) is 3. The largest absolute Gasteiger partial charge is 0.463 e. The van der Waals surface area contributed by atoms with Crippen molar-refractivity contribution in [3.63, 3.8) is 0 Å². The van der Waals surface area contributed by atoms with Crippen molar-refractivity contribution in [2.24, 2.45) is 4.99 Å². The molecule has 154 valence electrons. The van der Waals surface area contributed by atoms with Gasteiger partial charge in [0.2, 0.25) is 0 Å². The summed E-state index contributed by atoms with van der Waals surface area (Å²) in [6, 6.07) is 10.8. The van der Waals surface area contributed by atoms with E-state index < -0.39 is 21.9 Å². The van der Waals surface area contributed by atoms with Gasteiger partial charge >= 0.3 is 5.97 Å². The molecule has 3 rings (SSSR count). The average Bonchev–Trinajstić information content (AvgIpc) is 2.73. The topological polar surface area (TPSA) is 137 Å². The smallest absolute Gasteiger partial charge is 0.338 e. The molecule has 0 spiro atoms. The second-order valence-electron chi connectivity index (χ2n) is 6.42. The Kier molecular flexibility index (Phi) is 5.86. The van der Waals surface area contributed by atoms with Crippen LogP contribution in [0.25, 0.3) is 0 Å². The lowest BCUT2D eigenvalue weighted by atomic mass is 9.95. The van der Waals surface area contributed by atoms with Crippen molar-refractivity contribution in [1.82, 2.24) is 5.32 Å². The summed E-state index contributed by atoms with van der Waals surface area (Å²) in [5.41, 5.74) is 1.28. The van der Waals surface area contributed by atoms with Crippen LogP contribution < -0.4 is 5.32 Å². The van der Waals surface area contributed by atoms with Crippen LogP contribution in [-0.2, 0) is 9.53 Å². The van der Waals surface area contributed by atoms with E-state index in [1.54, 1.807) is 26.0 Å². The highest BCUT2D eigenvalue weighted by Crippen LogP contribution is 2.34. The lowest BCUT2D eigenvalue weighted by molar-refractivity contribution is -0.385. The lowest BCUT2D eigenvalue weighted by Gasteiger charge is -2.26. The SMILES string of the molecule is CCOC(=O)C1=C(C)NC(c2cccc([N+](=O)[O-])c2)=N[C@@H]1c1cccc([N+](=O)[O-])c1. The number of nitrogens with one attached hydrogen (secondary N) is 1. The summed E-state index contributed by atoms with van der Waals surface area (Å²) in [7, 11) is 0. The van der Waals surface area contributed by atoms with Gasteiger partial charge in [-0.15, -0.1) is 0 Å². The molecule has 1 aliphatic heterocycles. The minimum atomic E-state index is -0.875. The van der Waals surface area contributed by atoms with Gasteiger partial charge in [0.15, 0.2) is 0 Å². The molecule has 10 nitrogen and oxygen atoms in total. The fourth-order valence-corrected chi connectivity index (χ4v) is 3.11. The number of carbonyl (C=O) groups is 1. The number of hydrogen-bond acceptors (Lipinski definition) is 8. The highest BCUT2D eigenvalue weighted by Gasteiger charge is 2.31. The van der Waals surface area contributed by atoms with E-state index in [9.17, 15) is 25.0 Å². The standard InChI is InChI=1S/C20H18N4O6/c1-3-30-20(25)17-12(2)21-19(14-7-5-9-16(11-14)24(28)29)22-18(17)13-6-4-8-15(10-13)23(26)27/h4-11,18H,3H2,1-2H3,(H,21,22)/t18-/m1/s1. The van der Waals surface area contributed by atoms with Gasteiger partial charge in [0.25, 0.3) is 11.4 Å². The summed E-state index contributed by atoms with van der Waals surface area (Å²) in [5.74, 6) is -0.290. The van der Waals surface area contributed by atoms with Crippen LogP contribution in [-0.4, -0.2) is 28.3 Å². The predicted octanol–water partition coefficient (Wildman–Crippen LogP) is 3.43. The Morgan fingerprint density at radius 3 is 2.37 bits per heavy atom. The fourth-order valence-electron chi connectivity index (χ4n) is 3.11. The molecule has 0 unspecified atom stereocenters. The third-order valence-electron chi connectivity index (χ3n) is 4.46. The van der Waals surface area contributed by atoms with Gasteiger partial charge in [-0.1, -0.05) is 24.3 Å². The average molecular weight is 410 g/mol. The molecule has 10 heteroatoms. The molecule has 0 fully saturated rings. The number of aliphatic imine (C=N–C) groups is 1. The predicted molar refractivity (Wildman–Crippen MR) is 108 cm³/mol. The highest BCUT2D eigenvalue weighted by molar-refractivity contribution is 6.04. The fraction of sp³-hybridized carbons (Fsp3) is 0.200. The van der Waals surface area contributed by atoms with Crippen LogP contribution in [0.4, 0.5) is 11.4 Å². The Bertz CT molecular complexity index is 1090. The van der Waals surface area contributed by atoms with Crippen molar-refractivity contribution in [3.8, 4) is 0 Å². The van der Waals surface area contributed by atoms with E-state index >= 15 is 0 Å². The summed E-state index contributed by atoms with van der Waals surface area (Å²) >= 11 is 0. The maximum atomic E-state index is 12.6. The molecule has 2 aromatic rings. The van der Waals surface area contributed by atoms with Gasteiger partial charge in [0.05, 0.1) is 22.0 Å². The van der Waals surface area contributed by atoms with Gasteiger partial charge in [-0.05, 0) is 19.4 Å². The number of rotatable bonds is 6. The molecule has 0 saturated carbocycles. The number of benzene rings is 2. The summed E-state index contributed by atoms with van der Waals surface area (Å²) in [5, 5.41) is 25.3. The summed E-state index contributed by atoms with van der Waals surface area (Å²) in [4.78, 5) is 38.4. The number of nitro groups is 2. The van der Waals surface area contributed by atoms with Crippen molar-refractivity contribution in [3.05, 3.63) is 91.2 Å². The molecule has 0 saturated heterocycles. The number of non-ortho nitro benzene ring substituents is 2. The van der Waals surface area contributed by atoms with E-state index in [0.717, 1.165) is 0 Å². The molecule has 1 N–H and O–H groups in total. The van der Waals surface area contributed by atoms with Gasteiger partial charge in [-0.2, -0.15) is 0 Å². The second-order valence-corrected chi connectivity index (χ2v) is 6.42. The monoisotopic (exact) mass is 410 g/mol. The van der Waals surface area contributed by atoms with E-state index in [-0.39, 0.29) is 23.6 Å². The molecule has 0 amide bonds. The van der Waals surface area contributed by atoms with Gasteiger partial charge in [-0.25, -0.2) is 4.79 Å². The number of nitro benzene ring substituents is 2. The van der Waals surface area contributed by atoms with E-state index in [4.69, 9.17) is 4.74 Å². The molecule has 0 radical (unpaired) electrons. The number of hydrogen-bond donors (Lipinski definition) is 1. The first-order valence-electron chi connectivity index (χ1n) is 9.03. The zero-order valence-electron chi connectivity index (χ0n) is 16.2. The minimum Gasteiger partial charge on any atom is -0.463 e. The summed E-state index contributed by atoms with van der Waals surface area (Å²) < 4.78 is 5.14. The van der Waals surface area contributed by atoms with Crippen molar-refractivity contribution in [2.45, 2.75) is 19.9 Å². The maximum Gasteiger partial charge on any atom is 0.338 e. The zero-order valence-corrected chi connectivity index (χ0v) is 16.2. The molecular formula is C20H18N4O6. The molecule has 30 heavy (non-hydrogen) atoms. The quantitative estimate of drug-likeness (QED) is 0.437. The number of allylic oxidation sites excluding steroid dienone is 1. The van der Waals surface area contributed by atoms with Crippen LogP contribution in [0, 0.1) is 20.2 Å². The van der Waals surface area contributed by atoms with Crippen molar-refractivity contribution in [2.75, 3.05) is 6.61 Å². The van der Waals surface area contributed by atoms with Crippen LogP contribution in [0.2, 0.25) is 0 Å². The maximum absolute atomic E-state index is 12.6. The van der Waals surface area contributed by atoms with Gasteiger partial charge < -0.3 is 10.1 Å². The molecule has 0 bridgehead atoms. The summed E-state index contributed by atoms with van der Waals surface area (Å²) in [6.07, 6.45) is 0. The van der Waals surface area contributed by atoms with Crippen molar-refractivity contribution >= 4 is 23.2 Å². The lowest BCUT2D eigenvalue weighted by Crippen LogP contribution is -2.32. The van der Waals surface area contributed by atoms with Crippen molar-refractivity contribution in [1.29, 1.82) is 0 Å². The number of amidine groups is 1. The first-order valence-corrected chi connectivity index (χ1v) is 9.03. The zero-order chi connectivity index (χ0) is 21.8. The van der Waals surface area contributed by atoms with E-state index in [2.05, 4.69) is 10.3 Å². The molecule has 1 heterocycles. The van der Waals surface area contributed by atoms with Crippen LogP contribution in [0.3, 0.4) is 0 Å². The Hall–Kier alpha value is -4.08. The molecule has 0 aromatic heterocycles. The van der Waals surface area contributed by atoms with Crippen LogP contribution in [0.5, 0.6) is 0 Å². The Labute approximate surface area is 171 Å². The number of carbonyl (C=O) groups excluding carboxylic acids is 1. The molecule has 0 aliphatic carbocycles. The van der Waals surface area contributed by atoms with Crippen molar-refractivity contribution < 1.29 is 19.4 Å². The molecule has 1 atom stereocenters. The van der Waals surface area contributed by atoms with Crippen LogP contribution >= 0.6 is 0 Å². The molecular weight excluding hydrogens is 392 g/mol. The van der Waals surface area contributed by atoms with Gasteiger partial charge in [-0.3, -0.25) is 25.2 Å². The minimum absolute atomic E-state index is 0.110. The molecule has 2 aromatic carbocycles. The van der Waals surface area contributed by atoms with Crippen LogP contribution in [0.15, 0.2) is 64.8 Å². The first kappa shape index (κ1) is 20.6. The first-order chi connectivity index (χ1) is 14.3. The highest BCUT2D eigenvalue weighted by atomic mass is 16.6. The number of esters is 1. The third kappa shape index (κ3) is 4.17. The summed E-state index contributed by atoms with van der Waals surface area (Å²) in [6.45, 7) is 3.48. The Balaban J connectivity index is 2.13. The van der Waals surface area contributed by atoms with Gasteiger partial charge in [0.1, 0.15) is 11.9 Å². The third-order valence-corrected chi connectivity index (χ3v) is 4.46. The second kappa shape index (κ2) is 8.52. The Morgan fingerprint density at radius 2 is 1.73 bits per heavy atom. The van der Waals surface area contributed by atoms with Gasteiger partial charge in [0, 0.05) is 35.5 Å². The Morgan fingerprint density at radius 1 is 1.10 bits per heavy atom. The van der Waals surface area contributed by atoms with Crippen LogP contribution in [0.1, 0.15) is 31.0 Å². The number of ether oxygens (including phenoxy) is 1. The molecule has 1 aliphatic rings. The normalized spacial score (nSPS) is 15.8. The van der Waals surface area contributed by atoms with E-state index in [1.165, 1.54) is 36.4 Å². The van der Waals surface area contributed by atoms with E-state index in [1.807, 2.05) is 0 Å².